The highest BCUT2D eigenvalue weighted by Gasteiger charge is 2.29. The minimum atomic E-state index is -1.87. The maximum absolute atomic E-state index is 14.6. The molecule has 12 rings (SSSR count). The predicted octanol–water partition coefficient (Wildman–Crippen LogP) is 27.5. The summed E-state index contributed by atoms with van der Waals surface area (Å²) < 4.78 is 250. The number of rotatable bonds is 18. The fourth-order valence-electron chi connectivity index (χ4n) is 11.7. The van der Waals surface area contributed by atoms with Gasteiger partial charge < -0.3 is 0 Å². The molecular formula is C87H68F18. The molecule has 0 saturated heterocycles. The summed E-state index contributed by atoms with van der Waals surface area (Å²) in [7, 11) is 0. The Kier molecular flexibility index (Phi) is 26.7. The Bertz CT molecular complexity index is 4950. The standard InChI is InChI=1S/C23H20F4.C22H18F4.C21H13F7.C21H17F3/c1-3-4-5-17-11-13-19(23(27)21(17)25)16-9-7-15(8-10-16)18-12-6-14(2)20(24)22(18)26;1-2-3-4-14-5-8-17(20(24)11-14)15-6-9-18(21(25)12-15)16-7-10-19(23)22(26)13-16;1-2-3-10-4-6-11(7-5-10)15-18(25)20(27)16(21(28)19(15)26)12-8-13(22)17(24)14(23)9-12;1-2-3-14-4-6-15(7-5-14)16-8-10-17(11-9-16)18-12-19(22)21(24)20(23)13-18/h6-13H,3-5H2,1-2H3;5-13H,2-4H2,1H3;4-9H,2-3H2,1H3;4-13H,2-3H2,1H3. The lowest BCUT2D eigenvalue weighted by atomic mass is 9.96. The highest BCUT2D eigenvalue weighted by atomic mass is 19.2. The van der Waals surface area contributed by atoms with Gasteiger partial charge in [-0.25, -0.2) is 79.0 Å². The molecule has 0 aliphatic carbocycles. The smallest absolute Gasteiger partial charge is 0.194 e. The van der Waals surface area contributed by atoms with Crippen LogP contribution in [0.1, 0.15) is 94.0 Å². The van der Waals surface area contributed by atoms with Crippen molar-refractivity contribution in [3.8, 4) is 89.0 Å². The third-order valence-corrected chi connectivity index (χ3v) is 17.5. The summed E-state index contributed by atoms with van der Waals surface area (Å²) in [5.74, 6) is -22.8. The Balaban J connectivity index is 0.000000162. The van der Waals surface area contributed by atoms with Crippen molar-refractivity contribution in [2.45, 2.75) is 98.8 Å². The van der Waals surface area contributed by atoms with Gasteiger partial charge in [0.2, 0.25) is 0 Å². The van der Waals surface area contributed by atoms with Gasteiger partial charge in [-0.15, -0.1) is 0 Å². The van der Waals surface area contributed by atoms with E-state index in [9.17, 15) is 79.0 Å². The molecule has 0 amide bonds. The average Bonchev–Trinajstić information content (AvgIpc) is 0.767. The predicted molar refractivity (Wildman–Crippen MR) is 378 cm³/mol. The number of aryl methyl sites for hydroxylation is 5. The molecular weight excluding hydrogens is 1390 g/mol. The molecule has 0 N–H and O–H groups in total. The first-order chi connectivity index (χ1) is 50.3. The van der Waals surface area contributed by atoms with Crippen LogP contribution in [0.2, 0.25) is 0 Å². The van der Waals surface area contributed by atoms with Crippen LogP contribution in [0.5, 0.6) is 0 Å². The Morgan fingerprint density at radius 2 is 0.543 bits per heavy atom. The zero-order valence-electron chi connectivity index (χ0n) is 57.4. The summed E-state index contributed by atoms with van der Waals surface area (Å²) in [6.45, 7) is 9.65. The summed E-state index contributed by atoms with van der Waals surface area (Å²) in [5, 5.41) is 0. The molecule has 542 valence electrons. The van der Waals surface area contributed by atoms with Gasteiger partial charge in [-0.2, -0.15) is 0 Å². The monoisotopic (exact) mass is 1450 g/mol. The van der Waals surface area contributed by atoms with Crippen LogP contribution in [0.3, 0.4) is 0 Å². The third kappa shape index (κ3) is 18.7. The zero-order chi connectivity index (χ0) is 75.9. The van der Waals surface area contributed by atoms with Crippen LogP contribution < -0.4 is 0 Å². The molecule has 0 aliphatic heterocycles. The van der Waals surface area contributed by atoms with Crippen molar-refractivity contribution in [3.05, 3.63) is 333 Å². The van der Waals surface area contributed by atoms with Crippen molar-refractivity contribution in [1.82, 2.24) is 0 Å². The number of benzene rings is 12. The van der Waals surface area contributed by atoms with Gasteiger partial charge in [-0.05, 0) is 177 Å². The molecule has 0 saturated carbocycles. The van der Waals surface area contributed by atoms with E-state index in [0.717, 1.165) is 97.9 Å². The molecule has 18 heteroatoms. The van der Waals surface area contributed by atoms with Gasteiger partial charge in [0, 0.05) is 22.3 Å². The van der Waals surface area contributed by atoms with Crippen molar-refractivity contribution < 1.29 is 79.0 Å². The van der Waals surface area contributed by atoms with E-state index in [2.05, 4.69) is 38.1 Å². The molecule has 0 heterocycles. The van der Waals surface area contributed by atoms with Crippen molar-refractivity contribution in [3.63, 3.8) is 0 Å². The Hall–Kier alpha value is -10.6. The quantitative estimate of drug-likeness (QED) is 0.0456. The van der Waals surface area contributed by atoms with Crippen LogP contribution in [0, 0.1) is 112 Å². The average molecular weight is 1460 g/mol. The molecule has 12 aromatic carbocycles. The van der Waals surface area contributed by atoms with Gasteiger partial charge in [0.05, 0.1) is 11.1 Å². The summed E-state index contributed by atoms with van der Waals surface area (Å²) in [5.41, 5.74) is 5.79. The number of hydrogen-bond acceptors (Lipinski definition) is 0. The Labute approximate surface area is 597 Å². The topological polar surface area (TPSA) is 0 Å². The van der Waals surface area contributed by atoms with E-state index >= 15 is 0 Å². The van der Waals surface area contributed by atoms with Crippen LogP contribution in [-0.2, 0) is 25.7 Å². The Morgan fingerprint density at radius 1 is 0.200 bits per heavy atom. The van der Waals surface area contributed by atoms with Gasteiger partial charge in [0.1, 0.15) is 11.6 Å². The molecule has 0 aliphatic rings. The Morgan fingerprint density at radius 3 is 1.00 bits per heavy atom. The molecule has 0 radical (unpaired) electrons. The summed E-state index contributed by atoms with van der Waals surface area (Å²) in [4.78, 5) is 0. The van der Waals surface area contributed by atoms with Gasteiger partial charge in [-0.3, -0.25) is 0 Å². The van der Waals surface area contributed by atoms with E-state index in [4.69, 9.17) is 0 Å². The minimum Gasteiger partial charge on any atom is -0.206 e. The van der Waals surface area contributed by atoms with E-state index in [1.165, 1.54) is 61.0 Å². The van der Waals surface area contributed by atoms with Crippen LogP contribution in [-0.4, -0.2) is 0 Å². The molecule has 0 aromatic heterocycles. The zero-order valence-corrected chi connectivity index (χ0v) is 57.4. The molecule has 0 nitrogen and oxygen atoms in total. The summed E-state index contributed by atoms with van der Waals surface area (Å²) in [6, 6.07) is 48.9. The fourth-order valence-corrected chi connectivity index (χ4v) is 11.7. The van der Waals surface area contributed by atoms with E-state index in [-0.39, 0.29) is 45.5 Å². The number of unbranched alkanes of at least 4 members (excludes halogenated alkanes) is 2. The minimum absolute atomic E-state index is 0.101. The van der Waals surface area contributed by atoms with Crippen LogP contribution in [0.25, 0.3) is 89.0 Å². The highest BCUT2D eigenvalue weighted by molar-refractivity contribution is 5.76. The maximum atomic E-state index is 14.6. The highest BCUT2D eigenvalue weighted by Crippen LogP contribution is 2.40. The van der Waals surface area contributed by atoms with Crippen LogP contribution in [0.15, 0.2) is 200 Å². The second kappa shape index (κ2) is 35.7. The van der Waals surface area contributed by atoms with Gasteiger partial charge in [0.15, 0.2) is 93.1 Å². The van der Waals surface area contributed by atoms with Crippen molar-refractivity contribution in [2.75, 3.05) is 0 Å². The second-order valence-corrected chi connectivity index (χ2v) is 24.9. The summed E-state index contributed by atoms with van der Waals surface area (Å²) in [6.07, 6.45) is 8.73. The first-order valence-corrected chi connectivity index (χ1v) is 33.8. The normalized spacial score (nSPS) is 11.0. The third-order valence-electron chi connectivity index (χ3n) is 17.5. The van der Waals surface area contributed by atoms with Gasteiger partial charge in [0.25, 0.3) is 0 Å². The number of hydrogen-bond donors (Lipinski definition) is 0. The fraction of sp³-hybridized carbons (Fsp3) is 0.172. The lowest BCUT2D eigenvalue weighted by Crippen LogP contribution is -2.04. The first-order valence-electron chi connectivity index (χ1n) is 33.8. The van der Waals surface area contributed by atoms with Crippen LogP contribution >= 0.6 is 0 Å². The van der Waals surface area contributed by atoms with Crippen molar-refractivity contribution >= 4 is 0 Å². The first kappa shape index (κ1) is 78.5. The van der Waals surface area contributed by atoms with E-state index < -0.39 is 121 Å². The van der Waals surface area contributed by atoms with Gasteiger partial charge in [-0.1, -0.05) is 205 Å². The second-order valence-electron chi connectivity index (χ2n) is 24.9. The lowest BCUT2D eigenvalue weighted by Gasteiger charge is -2.13. The molecule has 0 atom stereocenters. The molecule has 0 bridgehead atoms. The SMILES string of the molecule is CCCCc1ccc(-c2ccc(-c3ccc(C)c(F)c3F)cc2)c(F)c1F.CCCCc1ccc(-c2ccc(-c3ccc(F)c(F)c3)c(F)c2)c(F)c1.CCCc1ccc(-c2c(F)c(F)c(-c3cc(F)c(F)c(F)c3)c(F)c2F)cc1.CCCc1ccc(-c2ccc(-c3cc(F)c(F)c(F)c3)cc2)cc1. The van der Waals surface area contributed by atoms with Crippen LogP contribution in [0.4, 0.5) is 79.0 Å². The van der Waals surface area contributed by atoms with E-state index in [0.29, 0.717) is 51.8 Å². The van der Waals surface area contributed by atoms with E-state index in [1.807, 2.05) is 32.0 Å². The largest absolute Gasteiger partial charge is 0.206 e. The molecule has 12 aromatic rings. The van der Waals surface area contributed by atoms with Gasteiger partial charge >= 0.3 is 0 Å². The number of halogens is 18. The molecule has 0 spiro atoms. The molecule has 0 unspecified atom stereocenters. The maximum Gasteiger partial charge on any atom is 0.194 e. The summed E-state index contributed by atoms with van der Waals surface area (Å²) >= 11 is 0. The molecule has 105 heavy (non-hydrogen) atoms. The van der Waals surface area contributed by atoms with Crippen molar-refractivity contribution in [2.24, 2.45) is 0 Å². The lowest BCUT2D eigenvalue weighted by molar-refractivity contribution is 0.445. The molecule has 0 fully saturated rings. The van der Waals surface area contributed by atoms with E-state index in [1.54, 1.807) is 72.8 Å². The van der Waals surface area contributed by atoms with Crippen molar-refractivity contribution in [1.29, 1.82) is 0 Å².